The van der Waals surface area contributed by atoms with Crippen LogP contribution in [0.25, 0.3) is 0 Å². The average Bonchev–Trinajstić information content (AvgIpc) is 2.65. The molecule has 2 rings (SSSR count). The van der Waals surface area contributed by atoms with Crippen molar-refractivity contribution in [1.29, 1.82) is 0 Å². The van der Waals surface area contributed by atoms with Crippen LogP contribution in [0, 0.1) is 5.82 Å². The Hall–Kier alpha value is -3.01. The lowest BCUT2D eigenvalue weighted by molar-refractivity contribution is -0.188. The van der Waals surface area contributed by atoms with Gasteiger partial charge in [-0.15, -0.1) is 0 Å². The number of anilines is 1. The molecule has 9 nitrogen and oxygen atoms in total. The second kappa shape index (κ2) is 9.42. The molecule has 1 aliphatic rings. The highest BCUT2D eigenvalue weighted by Gasteiger charge is 2.44. The summed E-state index contributed by atoms with van der Waals surface area (Å²) in [5.74, 6) is -3.69. The molecule has 1 aliphatic heterocycles. The lowest BCUT2D eigenvalue weighted by atomic mass is 10.1. The first-order valence-corrected chi connectivity index (χ1v) is 9.66. The van der Waals surface area contributed by atoms with Crippen LogP contribution in [0.2, 0.25) is 0 Å². The summed E-state index contributed by atoms with van der Waals surface area (Å²) in [4.78, 5) is 52.0. The van der Waals surface area contributed by atoms with Crippen LogP contribution >= 0.6 is 0 Å². The number of amides is 2. The zero-order valence-corrected chi connectivity index (χ0v) is 18.4. The third kappa shape index (κ3) is 6.00. The van der Waals surface area contributed by atoms with Crippen molar-refractivity contribution in [2.45, 2.75) is 45.5 Å². The van der Waals surface area contributed by atoms with Gasteiger partial charge in [0.05, 0.1) is 12.2 Å². The quantitative estimate of drug-likeness (QED) is 0.643. The molecule has 0 spiro atoms. The van der Waals surface area contributed by atoms with Crippen molar-refractivity contribution in [2.24, 2.45) is 0 Å². The van der Waals surface area contributed by atoms with Crippen molar-refractivity contribution in [3.63, 3.8) is 0 Å². The first kappa shape index (κ1) is 24.3. The van der Waals surface area contributed by atoms with Gasteiger partial charge in [0.2, 0.25) is 6.10 Å². The molecule has 1 aromatic rings. The van der Waals surface area contributed by atoms with Crippen molar-refractivity contribution in [3.8, 4) is 0 Å². The fourth-order valence-electron chi connectivity index (χ4n) is 2.94. The van der Waals surface area contributed by atoms with Gasteiger partial charge in [-0.25, -0.2) is 9.18 Å². The monoisotopic (exact) mass is 438 g/mol. The summed E-state index contributed by atoms with van der Waals surface area (Å²) in [6.45, 7) is 6.11. The average molecular weight is 438 g/mol. The second-order valence-corrected chi connectivity index (χ2v) is 8.21. The Balaban J connectivity index is 2.36. The minimum atomic E-state index is -1.62. The van der Waals surface area contributed by atoms with Crippen LogP contribution in [0.4, 0.5) is 10.1 Å². The van der Waals surface area contributed by atoms with Crippen LogP contribution in [0.15, 0.2) is 18.2 Å². The third-order valence-electron chi connectivity index (χ3n) is 4.23. The zero-order chi connectivity index (χ0) is 23.5. The number of hydrogen-bond donors (Lipinski definition) is 0. The molecule has 170 valence electrons. The number of carbonyl (C=O) groups excluding carboxylic acids is 4. The number of nitrogens with zero attached hydrogens (tertiary/aromatic N) is 2. The number of ether oxygens (including phenoxy) is 3. The maximum Gasteiger partial charge on any atom is 0.351 e. The number of halogens is 1. The van der Waals surface area contributed by atoms with Gasteiger partial charge in [0.1, 0.15) is 11.4 Å². The molecule has 0 aromatic heterocycles. The normalized spacial score (nSPS) is 17.7. The molecule has 1 fully saturated rings. The summed E-state index contributed by atoms with van der Waals surface area (Å²) in [5.41, 5.74) is -0.844. The van der Waals surface area contributed by atoms with E-state index >= 15 is 0 Å². The first-order valence-electron chi connectivity index (χ1n) is 9.66. The van der Waals surface area contributed by atoms with Crippen LogP contribution < -0.4 is 4.90 Å². The van der Waals surface area contributed by atoms with E-state index in [9.17, 15) is 23.6 Å². The van der Waals surface area contributed by atoms with Crippen molar-refractivity contribution < 1.29 is 37.8 Å². The fourth-order valence-corrected chi connectivity index (χ4v) is 2.94. The van der Waals surface area contributed by atoms with E-state index in [2.05, 4.69) is 0 Å². The van der Waals surface area contributed by atoms with Gasteiger partial charge in [-0.05, 0) is 39.0 Å². The van der Waals surface area contributed by atoms with Gasteiger partial charge >= 0.3 is 11.9 Å². The molecule has 31 heavy (non-hydrogen) atoms. The van der Waals surface area contributed by atoms with Gasteiger partial charge in [0, 0.05) is 33.3 Å². The van der Waals surface area contributed by atoms with Crippen molar-refractivity contribution >= 4 is 29.4 Å². The van der Waals surface area contributed by atoms with E-state index in [1.807, 2.05) is 0 Å². The molecule has 0 saturated carbocycles. The van der Waals surface area contributed by atoms with Crippen molar-refractivity contribution in [1.82, 2.24) is 4.90 Å². The molecule has 1 aromatic carbocycles. The summed E-state index contributed by atoms with van der Waals surface area (Å²) < 4.78 is 30.0. The fraction of sp³-hybridized carbons (Fsp3) is 0.524. The molecule has 0 radical (unpaired) electrons. The minimum absolute atomic E-state index is 0.0192. The van der Waals surface area contributed by atoms with Crippen LogP contribution in [0.5, 0.6) is 0 Å². The van der Waals surface area contributed by atoms with E-state index in [4.69, 9.17) is 14.2 Å². The Morgan fingerprint density at radius 2 is 1.90 bits per heavy atom. The number of carbonyl (C=O) groups is 4. The van der Waals surface area contributed by atoms with Crippen LogP contribution in [-0.2, 0) is 28.6 Å². The molecule has 0 bridgehead atoms. The molecule has 1 heterocycles. The summed E-state index contributed by atoms with van der Waals surface area (Å²) in [5, 5.41) is 0. The molecule has 2 amide bonds. The van der Waals surface area contributed by atoms with E-state index < -0.39 is 47.4 Å². The van der Waals surface area contributed by atoms with Gasteiger partial charge in [-0.3, -0.25) is 14.4 Å². The Bertz CT molecular complexity index is 879. The van der Waals surface area contributed by atoms with Gasteiger partial charge in [-0.1, -0.05) is 0 Å². The van der Waals surface area contributed by atoms with E-state index in [0.29, 0.717) is 0 Å². The molecule has 0 N–H and O–H groups in total. The Morgan fingerprint density at radius 3 is 2.45 bits per heavy atom. The Morgan fingerprint density at radius 1 is 1.26 bits per heavy atom. The Kier molecular flexibility index (Phi) is 7.37. The smallest absolute Gasteiger partial charge is 0.351 e. The third-order valence-corrected chi connectivity index (χ3v) is 4.23. The maximum atomic E-state index is 14.2. The maximum absolute atomic E-state index is 14.2. The van der Waals surface area contributed by atoms with Crippen LogP contribution in [-0.4, -0.2) is 73.7 Å². The molecule has 0 unspecified atom stereocenters. The Labute approximate surface area is 180 Å². The SMILES string of the molecule is CC(=O)O[C@@H](C(=O)OC(C)(C)C)[C@H]1OCCN(c2ccc(F)c(C(=O)N(C)C)c2)C1=O. The molecular formula is C21H27FN2O7. The second-order valence-electron chi connectivity index (χ2n) is 8.21. The molecule has 1 saturated heterocycles. The van der Waals surface area contributed by atoms with Crippen LogP contribution in [0.3, 0.4) is 0 Å². The standard InChI is InChI=1S/C21H27FN2O7/c1-12(25)30-17(20(28)31-21(2,3)4)16-19(27)24(9-10-29-16)13-7-8-15(22)14(11-13)18(26)23(5)6/h7-8,11,16-17H,9-10H2,1-6H3/t16-,17-/m1/s1. The predicted molar refractivity (Wildman–Crippen MR) is 108 cm³/mol. The van der Waals surface area contributed by atoms with Crippen molar-refractivity contribution in [3.05, 3.63) is 29.6 Å². The highest BCUT2D eigenvalue weighted by Crippen LogP contribution is 2.25. The van der Waals surface area contributed by atoms with Gasteiger partial charge in [0.15, 0.2) is 6.10 Å². The topological polar surface area (TPSA) is 102 Å². The van der Waals surface area contributed by atoms with E-state index in [1.54, 1.807) is 20.8 Å². The van der Waals surface area contributed by atoms with Crippen molar-refractivity contribution in [2.75, 3.05) is 32.1 Å². The zero-order valence-electron chi connectivity index (χ0n) is 18.4. The highest BCUT2D eigenvalue weighted by atomic mass is 19.1. The van der Waals surface area contributed by atoms with Crippen LogP contribution in [0.1, 0.15) is 38.1 Å². The number of esters is 2. The van der Waals surface area contributed by atoms with E-state index in [0.717, 1.165) is 13.0 Å². The number of hydrogen-bond acceptors (Lipinski definition) is 7. The number of benzene rings is 1. The molecule has 0 aliphatic carbocycles. The molecule has 2 atom stereocenters. The summed E-state index contributed by atoms with van der Waals surface area (Å²) in [6, 6.07) is 3.68. The number of rotatable bonds is 5. The molecule has 10 heteroatoms. The number of morpholine rings is 1. The summed E-state index contributed by atoms with van der Waals surface area (Å²) in [6.07, 6.45) is -3.07. The molecular weight excluding hydrogens is 411 g/mol. The minimum Gasteiger partial charge on any atom is -0.457 e. The lowest BCUT2D eigenvalue weighted by Gasteiger charge is -2.35. The predicted octanol–water partition coefficient (Wildman–Crippen LogP) is 1.53. The highest BCUT2D eigenvalue weighted by molar-refractivity contribution is 6.02. The van der Waals surface area contributed by atoms with Gasteiger partial charge in [-0.2, -0.15) is 0 Å². The lowest BCUT2D eigenvalue weighted by Crippen LogP contribution is -2.56. The van der Waals surface area contributed by atoms with E-state index in [1.165, 1.54) is 36.0 Å². The first-order chi connectivity index (χ1) is 14.3. The van der Waals surface area contributed by atoms with E-state index in [-0.39, 0.29) is 24.4 Å². The summed E-state index contributed by atoms with van der Waals surface area (Å²) in [7, 11) is 2.96. The largest absolute Gasteiger partial charge is 0.457 e. The van der Waals surface area contributed by atoms with Gasteiger partial charge < -0.3 is 24.0 Å². The summed E-state index contributed by atoms with van der Waals surface area (Å²) >= 11 is 0. The van der Waals surface area contributed by atoms with Gasteiger partial charge in [0.25, 0.3) is 11.8 Å².